The Morgan fingerprint density at radius 1 is 1.33 bits per heavy atom. The zero-order valence-corrected chi connectivity index (χ0v) is 12.6. The maximum atomic E-state index is 13.0. The molecule has 0 aliphatic carbocycles. The van der Waals surface area contributed by atoms with Gasteiger partial charge in [0.15, 0.2) is 4.34 Å². The van der Waals surface area contributed by atoms with Crippen molar-refractivity contribution >= 4 is 45.7 Å². The van der Waals surface area contributed by atoms with Crippen LogP contribution < -0.4 is 10.6 Å². The third-order valence-corrected chi connectivity index (χ3v) is 4.10. The number of hydrogen-bond donors (Lipinski definition) is 2. The van der Waals surface area contributed by atoms with Gasteiger partial charge in [0.25, 0.3) is 0 Å². The van der Waals surface area contributed by atoms with E-state index in [4.69, 9.17) is 0 Å². The van der Waals surface area contributed by atoms with E-state index in [1.807, 2.05) is 0 Å². The second-order valence-corrected chi connectivity index (χ2v) is 6.10. The highest BCUT2D eigenvalue weighted by atomic mass is 32.2. The molecule has 2 amide bonds. The maximum absolute atomic E-state index is 13.0. The fourth-order valence-electron chi connectivity index (χ4n) is 1.36. The van der Waals surface area contributed by atoms with Crippen molar-refractivity contribution in [2.75, 3.05) is 16.4 Å². The molecular formula is C12H11FN4O2S2. The van der Waals surface area contributed by atoms with Crippen LogP contribution >= 0.6 is 23.1 Å². The Morgan fingerprint density at radius 2 is 2.14 bits per heavy atom. The fraction of sp³-hybridized carbons (Fsp3) is 0.167. The van der Waals surface area contributed by atoms with Crippen LogP contribution in [0.4, 0.5) is 15.2 Å². The fourth-order valence-corrected chi connectivity index (χ4v) is 2.96. The summed E-state index contributed by atoms with van der Waals surface area (Å²) in [6.45, 7) is 1.38. The summed E-state index contributed by atoms with van der Waals surface area (Å²) < 4.78 is 13.5. The number of benzene rings is 1. The van der Waals surface area contributed by atoms with E-state index < -0.39 is 5.82 Å². The molecule has 21 heavy (non-hydrogen) atoms. The third kappa shape index (κ3) is 5.12. The Bertz CT molecular complexity index is 662. The molecule has 0 saturated carbocycles. The quantitative estimate of drug-likeness (QED) is 0.651. The summed E-state index contributed by atoms with van der Waals surface area (Å²) >= 11 is 2.37. The highest BCUT2D eigenvalue weighted by Gasteiger charge is 2.09. The van der Waals surface area contributed by atoms with Gasteiger partial charge in [0.1, 0.15) is 5.82 Å². The molecule has 0 radical (unpaired) electrons. The molecule has 110 valence electrons. The lowest BCUT2D eigenvalue weighted by Crippen LogP contribution is -2.13. The van der Waals surface area contributed by atoms with Crippen LogP contribution in [0.25, 0.3) is 0 Å². The van der Waals surface area contributed by atoms with E-state index in [0.717, 1.165) is 0 Å². The normalized spacial score (nSPS) is 10.2. The van der Waals surface area contributed by atoms with Gasteiger partial charge in [-0.25, -0.2) is 4.39 Å². The molecule has 2 aromatic rings. The van der Waals surface area contributed by atoms with Crippen molar-refractivity contribution in [1.29, 1.82) is 0 Å². The van der Waals surface area contributed by atoms with Crippen molar-refractivity contribution in [3.63, 3.8) is 0 Å². The van der Waals surface area contributed by atoms with Gasteiger partial charge in [0, 0.05) is 12.6 Å². The monoisotopic (exact) mass is 326 g/mol. The van der Waals surface area contributed by atoms with Crippen LogP contribution in [-0.2, 0) is 9.59 Å². The van der Waals surface area contributed by atoms with Crippen molar-refractivity contribution < 1.29 is 14.0 Å². The van der Waals surface area contributed by atoms with Gasteiger partial charge in [-0.05, 0) is 18.2 Å². The van der Waals surface area contributed by atoms with E-state index in [2.05, 4.69) is 20.8 Å². The molecule has 1 heterocycles. The summed E-state index contributed by atoms with van der Waals surface area (Å²) in [5, 5.41) is 13.1. The van der Waals surface area contributed by atoms with Crippen LogP contribution in [0.15, 0.2) is 28.6 Å². The molecule has 0 aliphatic heterocycles. The number of thioether (sulfide) groups is 1. The maximum Gasteiger partial charge on any atom is 0.234 e. The standard InChI is InChI=1S/C12H11FN4O2S2/c1-7(18)14-11-16-17-12(21-11)20-6-10(19)15-9-4-2-3-8(13)5-9/h2-5H,6H2,1H3,(H,15,19)(H,14,16,18). The van der Waals surface area contributed by atoms with E-state index >= 15 is 0 Å². The Morgan fingerprint density at radius 3 is 2.86 bits per heavy atom. The first-order chi connectivity index (χ1) is 10.0. The molecule has 0 fully saturated rings. The molecule has 0 spiro atoms. The molecule has 0 saturated heterocycles. The number of nitrogens with zero attached hydrogens (tertiary/aromatic N) is 2. The lowest BCUT2D eigenvalue weighted by molar-refractivity contribution is -0.114. The van der Waals surface area contributed by atoms with Crippen molar-refractivity contribution in [2.24, 2.45) is 0 Å². The molecule has 2 rings (SSSR count). The summed E-state index contributed by atoms with van der Waals surface area (Å²) in [5.74, 6) is -0.802. The lowest BCUT2D eigenvalue weighted by atomic mass is 10.3. The average molecular weight is 326 g/mol. The highest BCUT2D eigenvalue weighted by Crippen LogP contribution is 2.25. The van der Waals surface area contributed by atoms with Gasteiger partial charge < -0.3 is 10.6 Å². The van der Waals surface area contributed by atoms with Crippen molar-refractivity contribution in [2.45, 2.75) is 11.3 Å². The van der Waals surface area contributed by atoms with E-state index in [-0.39, 0.29) is 17.6 Å². The van der Waals surface area contributed by atoms with Gasteiger partial charge in [-0.3, -0.25) is 9.59 Å². The second kappa shape index (κ2) is 7.14. The first kappa shape index (κ1) is 15.4. The predicted molar refractivity (Wildman–Crippen MR) is 80.0 cm³/mol. The molecule has 6 nitrogen and oxygen atoms in total. The summed E-state index contributed by atoms with van der Waals surface area (Å²) in [6, 6.07) is 5.66. The van der Waals surface area contributed by atoms with Gasteiger partial charge in [-0.2, -0.15) is 0 Å². The number of aromatic nitrogens is 2. The number of hydrogen-bond acceptors (Lipinski definition) is 6. The highest BCUT2D eigenvalue weighted by molar-refractivity contribution is 8.01. The first-order valence-corrected chi connectivity index (χ1v) is 7.62. The Labute approximate surface area is 128 Å². The average Bonchev–Trinajstić information content (AvgIpc) is 2.83. The van der Waals surface area contributed by atoms with Crippen molar-refractivity contribution in [1.82, 2.24) is 10.2 Å². The zero-order valence-electron chi connectivity index (χ0n) is 10.9. The minimum Gasteiger partial charge on any atom is -0.325 e. The van der Waals surface area contributed by atoms with Crippen LogP contribution in [-0.4, -0.2) is 27.8 Å². The molecule has 1 aromatic heterocycles. The molecule has 0 atom stereocenters. The largest absolute Gasteiger partial charge is 0.325 e. The number of carbonyl (C=O) groups is 2. The molecule has 9 heteroatoms. The SMILES string of the molecule is CC(=O)Nc1nnc(SCC(=O)Nc2cccc(F)c2)s1. The number of carbonyl (C=O) groups excluding carboxylic acids is 2. The van der Waals surface area contributed by atoms with Gasteiger partial charge in [-0.15, -0.1) is 10.2 Å². The molecule has 0 aliphatic rings. The Kier molecular flexibility index (Phi) is 5.23. The van der Waals surface area contributed by atoms with E-state index in [0.29, 0.717) is 15.2 Å². The summed E-state index contributed by atoms with van der Waals surface area (Å²) in [4.78, 5) is 22.6. The minimum absolute atomic E-state index is 0.116. The van der Waals surface area contributed by atoms with E-state index in [9.17, 15) is 14.0 Å². The minimum atomic E-state index is -0.412. The second-order valence-electron chi connectivity index (χ2n) is 3.90. The predicted octanol–water partition coefficient (Wildman–Crippen LogP) is 2.37. The molecule has 1 aromatic carbocycles. The molecule has 0 unspecified atom stereocenters. The van der Waals surface area contributed by atoms with E-state index in [1.165, 1.54) is 48.2 Å². The third-order valence-electron chi connectivity index (χ3n) is 2.12. The molecular weight excluding hydrogens is 315 g/mol. The topological polar surface area (TPSA) is 84.0 Å². The number of rotatable bonds is 5. The summed E-state index contributed by atoms with van der Waals surface area (Å²) in [7, 11) is 0. The van der Waals surface area contributed by atoms with Crippen molar-refractivity contribution in [3.05, 3.63) is 30.1 Å². The first-order valence-electron chi connectivity index (χ1n) is 5.82. The lowest BCUT2D eigenvalue weighted by Gasteiger charge is -2.03. The van der Waals surface area contributed by atoms with Crippen LogP contribution in [0.2, 0.25) is 0 Å². The number of amides is 2. The van der Waals surface area contributed by atoms with Crippen LogP contribution in [0.5, 0.6) is 0 Å². The Balaban J connectivity index is 1.83. The van der Waals surface area contributed by atoms with Gasteiger partial charge >= 0.3 is 0 Å². The number of nitrogens with one attached hydrogen (secondary N) is 2. The van der Waals surface area contributed by atoms with Crippen LogP contribution in [0.3, 0.4) is 0 Å². The number of anilines is 2. The van der Waals surface area contributed by atoms with E-state index in [1.54, 1.807) is 6.07 Å². The van der Waals surface area contributed by atoms with Gasteiger partial charge in [0.2, 0.25) is 16.9 Å². The summed E-state index contributed by atoms with van der Waals surface area (Å²) in [6.07, 6.45) is 0. The van der Waals surface area contributed by atoms with Gasteiger partial charge in [0.05, 0.1) is 5.75 Å². The molecule has 0 bridgehead atoms. The van der Waals surface area contributed by atoms with Crippen LogP contribution in [0, 0.1) is 5.82 Å². The van der Waals surface area contributed by atoms with Crippen molar-refractivity contribution in [3.8, 4) is 0 Å². The van der Waals surface area contributed by atoms with Gasteiger partial charge in [-0.1, -0.05) is 29.2 Å². The smallest absolute Gasteiger partial charge is 0.234 e. The molecule has 2 N–H and O–H groups in total. The zero-order chi connectivity index (χ0) is 15.2. The van der Waals surface area contributed by atoms with Crippen LogP contribution in [0.1, 0.15) is 6.92 Å². The Hall–Kier alpha value is -2.00. The summed E-state index contributed by atoms with van der Waals surface area (Å²) in [5.41, 5.74) is 0.400. The number of halogens is 1.